The van der Waals surface area contributed by atoms with Gasteiger partial charge in [-0.1, -0.05) is 64.7 Å². The van der Waals surface area contributed by atoms with Crippen LogP contribution in [0.1, 0.15) is 71.1 Å². The summed E-state index contributed by atoms with van der Waals surface area (Å²) < 4.78 is 0. The minimum absolute atomic E-state index is 0.149. The van der Waals surface area contributed by atoms with Gasteiger partial charge in [-0.15, -0.1) is 0 Å². The highest BCUT2D eigenvalue weighted by molar-refractivity contribution is 5.91. The van der Waals surface area contributed by atoms with Gasteiger partial charge >= 0.3 is 0 Å². The second-order valence-corrected chi connectivity index (χ2v) is 4.97. The van der Waals surface area contributed by atoms with Crippen LogP contribution in [0, 0.1) is 5.92 Å². The highest BCUT2D eigenvalue weighted by Gasteiger charge is 2.14. The first-order valence-corrected chi connectivity index (χ1v) is 7.43. The third-order valence-electron chi connectivity index (χ3n) is 3.37. The van der Waals surface area contributed by atoms with E-state index in [0.717, 1.165) is 19.1 Å². The molecule has 0 rings (SSSR count). The third-order valence-corrected chi connectivity index (χ3v) is 3.37. The number of amides is 1. The summed E-state index contributed by atoms with van der Waals surface area (Å²) in [5, 5.41) is 2.53. The summed E-state index contributed by atoms with van der Waals surface area (Å²) in [6.07, 6.45) is 12.8. The van der Waals surface area contributed by atoms with Gasteiger partial charge < -0.3 is 10.1 Å². The van der Waals surface area contributed by atoms with Crippen LogP contribution < -0.4 is 5.32 Å². The van der Waals surface area contributed by atoms with Gasteiger partial charge in [0.15, 0.2) is 0 Å². The number of aldehydes is 1. The van der Waals surface area contributed by atoms with Crippen LogP contribution in [-0.4, -0.2) is 19.2 Å². The Labute approximate surface area is 112 Å². The molecule has 0 aromatic rings. The zero-order valence-corrected chi connectivity index (χ0v) is 12.0. The van der Waals surface area contributed by atoms with Crippen LogP contribution >= 0.6 is 0 Å². The Kier molecular flexibility index (Phi) is 12.0. The molecule has 3 nitrogen and oxygen atoms in total. The van der Waals surface area contributed by atoms with E-state index >= 15 is 0 Å². The summed E-state index contributed by atoms with van der Waals surface area (Å²) in [7, 11) is 1.58. The molecular formula is C15H29NO2. The molecule has 1 unspecified atom stereocenters. The molecule has 0 bridgehead atoms. The lowest BCUT2D eigenvalue weighted by Crippen LogP contribution is -2.28. The van der Waals surface area contributed by atoms with E-state index in [2.05, 4.69) is 12.2 Å². The second kappa shape index (κ2) is 12.6. The van der Waals surface area contributed by atoms with E-state index in [9.17, 15) is 9.59 Å². The predicted octanol–water partition coefficient (Wildman–Crippen LogP) is 3.47. The van der Waals surface area contributed by atoms with Crippen LogP contribution in [0.15, 0.2) is 0 Å². The molecule has 1 N–H and O–H groups in total. The highest BCUT2D eigenvalue weighted by atomic mass is 16.2. The van der Waals surface area contributed by atoms with E-state index in [-0.39, 0.29) is 5.91 Å². The normalized spacial score (nSPS) is 12.1. The Balaban J connectivity index is 3.33. The van der Waals surface area contributed by atoms with E-state index < -0.39 is 5.92 Å². The van der Waals surface area contributed by atoms with Gasteiger partial charge in [-0.25, -0.2) is 0 Å². The molecule has 0 radical (unpaired) electrons. The molecule has 1 atom stereocenters. The van der Waals surface area contributed by atoms with Crippen molar-refractivity contribution >= 4 is 12.2 Å². The standard InChI is InChI=1S/C15H29NO2/c1-3-4-5-6-7-8-9-10-11-12-14(13-17)15(18)16-2/h13-14H,3-12H2,1-2H3,(H,16,18). The topological polar surface area (TPSA) is 46.2 Å². The van der Waals surface area contributed by atoms with E-state index in [4.69, 9.17) is 0 Å². The van der Waals surface area contributed by atoms with Crippen LogP contribution in [0.5, 0.6) is 0 Å². The summed E-state index contributed by atoms with van der Waals surface area (Å²) in [5.41, 5.74) is 0. The molecule has 0 saturated heterocycles. The molecule has 0 aliphatic carbocycles. The fourth-order valence-electron chi connectivity index (χ4n) is 2.12. The van der Waals surface area contributed by atoms with E-state index in [1.807, 2.05) is 0 Å². The fourth-order valence-corrected chi connectivity index (χ4v) is 2.12. The molecular weight excluding hydrogens is 226 g/mol. The van der Waals surface area contributed by atoms with Crippen molar-refractivity contribution in [2.75, 3.05) is 7.05 Å². The van der Waals surface area contributed by atoms with Crippen LogP contribution in [0.3, 0.4) is 0 Å². The summed E-state index contributed by atoms with van der Waals surface area (Å²) in [6, 6.07) is 0. The van der Waals surface area contributed by atoms with Gasteiger partial charge in [0.05, 0.1) is 5.92 Å². The average Bonchev–Trinajstić information content (AvgIpc) is 2.40. The van der Waals surface area contributed by atoms with Gasteiger partial charge in [0.1, 0.15) is 6.29 Å². The van der Waals surface area contributed by atoms with Crippen molar-refractivity contribution < 1.29 is 9.59 Å². The number of carbonyl (C=O) groups excluding carboxylic acids is 2. The van der Waals surface area contributed by atoms with E-state index in [1.165, 1.54) is 44.9 Å². The zero-order valence-electron chi connectivity index (χ0n) is 12.0. The quantitative estimate of drug-likeness (QED) is 0.330. The first-order chi connectivity index (χ1) is 8.76. The number of carbonyl (C=O) groups is 2. The number of hydrogen-bond donors (Lipinski definition) is 1. The molecule has 0 heterocycles. The molecule has 0 aliphatic rings. The molecule has 106 valence electrons. The number of nitrogens with one attached hydrogen (secondary N) is 1. The summed E-state index contributed by atoms with van der Waals surface area (Å²) >= 11 is 0. The Morgan fingerprint density at radius 1 is 1.00 bits per heavy atom. The molecule has 0 spiro atoms. The molecule has 3 heteroatoms. The molecule has 1 amide bonds. The monoisotopic (exact) mass is 255 g/mol. The minimum Gasteiger partial charge on any atom is -0.359 e. The van der Waals surface area contributed by atoms with Gasteiger partial charge in [0, 0.05) is 7.05 Å². The first-order valence-electron chi connectivity index (χ1n) is 7.43. The van der Waals surface area contributed by atoms with Crippen LogP contribution in [-0.2, 0) is 9.59 Å². The van der Waals surface area contributed by atoms with Gasteiger partial charge in [-0.2, -0.15) is 0 Å². The lowest BCUT2D eigenvalue weighted by atomic mass is 10.0. The lowest BCUT2D eigenvalue weighted by Gasteiger charge is -2.08. The average molecular weight is 255 g/mol. The van der Waals surface area contributed by atoms with E-state index in [0.29, 0.717) is 6.42 Å². The number of hydrogen-bond acceptors (Lipinski definition) is 2. The maximum atomic E-state index is 11.3. The summed E-state index contributed by atoms with van der Waals surface area (Å²) in [5.74, 6) is -0.593. The third kappa shape index (κ3) is 9.20. The predicted molar refractivity (Wildman–Crippen MR) is 75.5 cm³/mol. The van der Waals surface area contributed by atoms with Crippen molar-refractivity contribution in [1.82, 2.24) is 5.32 Å². The van der Waals surface area contributed by atoms with Gasteiger partial charge in [-0.05, 0) is 6.42 Å². The van der Waals surface area contributed by atoms with Gasteiger partial charge in [-0.3, -0.25) is 4.79 Å². The Morgan fingerprint density at radius 3 is 1.94 bits per heavy atom. The van der Waals surface area contributed by atoms with Crippen molar-refractivity contribution in [3.8, 4) is 0 Å². The molecule has 0 fully saturated rings. The van der Waals surface area contributed by atoms with Gasteiger partial charge in [0.2, 0.25) is 5.91 Å². The number of unbranched alkanes of at least 4 members (excludes halogenated alkanes) is 8. The van der Waals surface area contributed by atoms with Gasteiger partial charge in [0.25, 0.3) is 0 Å². The molecule has 0 aromatic heterocycles. The lowest BCUT2D eigenvalue weighted by molar-refractivity contribution is -0.128. The zero-order chi connectivity index (χ0) is 13.6. The fraction of sp³-hybridized carbons (Fsp3) is 0.867. The minimum atomic E-state index is -0.445. The largest absolute Gasteiger partial charge is 0.359 e. The maximum Gasteiger partial charge on any atom is 0.230 e. The first kappa shape index (κ1) is 17.1. The SMILES string of the molecule is CCCCCCCCCCCC(C=O)C(=O)NC. The Hall–Kier alpha value is -0.860. The smallest absolute Gasteiger partial charge is 0.230 e. The van der Waals surface area contributed by atoms with Crippen molar-refractivity contribution in [3.63, 3.8) is 0 Å². The maximum absolute atomic E-state index is 11.3. The Bertz CT molecular complexity index is 217. The van der Waals surface area contributed by atoms with Crippen molar-refractivity contribution in [3.05, 3.63) is 0 Å². The number of rotatable bonds is 12. The molecule has 0 aromatic carbocycles. The Morgan fingerprint density at radius 2 is 1.50 bits per heavy atom. The van der Waals surface area contributed by atoms with Crippen molar-refractivity contribution in [1.29, 1.82) is 0 Å². The van der Waals surface area contributed by atoms with Crippen molar-refractivity contribution in [2.24, 2.45) is 5.92 Å². The molecule has 0 aliphatic heterocycles. The van der Waals surface area contributed by atoms with Crippen LogP contribution in [0.2, 0.25) is 0 Å². The van der Waals surface area contributed by atoms with Crippen LogP contribution in [0.25, 0.3) is 0 Å². The van der Waals surface area contributed by atoms with E-state index in [1.54, 1.807) is 7.05 Å². The molecule has 18 heavy (non-hydrogen) atoms. The summed E-state index contributed by atoms with van der Waals surface area (Å²) in [4.78, 5) is 22.0. The molecule has 0 saturated carbocycles. The summed E-state index contributed by atoms with van der Waals surface area (Å²) in [6.45, 7) is 2.23. The van der Waals surface area contributed by atoms with Crippen LogP contribution in [0.4, 0.5) is 0 Å². The highest BCUT2D eigenvalue weighted by Crippen LogP contribution is 2.12. The van der Waals surface area contributed by atoms with Crippen molar-refractivity contribution in [2.45, 2.75) is 71.1 Å². The second-order valence-electron chi connectivity index (χ2n) is 4.97.